The highest BCUT2D eigenvalue weighted by atomic mass is 16.1. The predicted octanol–water partition coefficient (Wildman–Crippen LogP) is 3.55. The number of benzene rings is 1. The molecule has 1 saturated heterocycles. The van der Waals surface area contributed by atoms with E-state index in [1.165, 1.54) is 12.8 Å². The van der Waals surface area contributed by atoms with Gasteiger partial charge in [-0.05, 0) is 56.0 Å². The minimum Gasteiger partial charge on any atom is -0.357 e. The Morgan fingerprint density at radius 1 is 1.09 bits per heavy atom. The highest BCUT2D eigenvalue weighted by molar-refractivity contribution is 6.03. The monoisotopic (exact) mass is 295 g/mol. The first-order valence-electron chi connectivity index (χ1n) is 7.75. The molecule has 0 radical (unpaired) electrons. The Hall–Kier alpha value is -2.36. The summed E-state index contributed by atoms with van der Waals surface area (Å²) >= 11 is 0. The van der Waals surface area contributed by atoms with Gasteiger partial charge in [0.2, 0.25) is 0 Å². The molecule has 0 aliphatic carbocycles. The van der Waals surface area contributed by atoms with Crippen LogP contribution in [0, 0.1) is 13.8 Å². The summed E-state index contributed by atoms with van der Waals surface area (Å²) in [4.78, 5) is 19.2. The van der Waals surface area contributed by atoms with Crippen LogP contribution in [0.25, 0.3) is 0 Å². The van der Waals surface area contributed by atoms with Crippen LogP contribution in [0.1, 0.15) is 34.5 Å². The highest BCUT2D eigenvalue weighted by Crippen LogP contribution is 2.20. The fraction of sp³-hybridized carbons (Fsp3) is 0.333. The molecule has 2 heterocycles. The first-order valence-corrected chi connectivity index (χ1v) is 7.75. The Bertz CT molecular complexity index is 690. The van der Waals surface area contributed by atoms with Gasteiger partial charge < -0.3 is 10.2 Å². The van der Waals surface area contributed by atoms with Gasteiger partial charge in [-0.15, -0.1) is 0 Å². The summed E-state index contributed by atoms with van der Waals surface area (Å²) in [6, 6.07) is 11.5. The number of nitrogens with zero attached hydrogens (tertiary/aromatic N) is 2. The van der Waals surface area contributed by atoms with Crippen molar-refractivity contribution in [3.63, 3.8) is 0 Å². The second-order valence-corrected chi connectivity index (χ2v) is 5.78. The molecule has 3 rings (SSSR count). The van der Waals surface area contributed by atoms with E-state index in [4.69, 9.17) is 0 Å². The van der Waals surface area contributed by atoms with Gasteiger partial charge in [0.05, 0.1) is 0 Å². The number of pyridine rings is 1. The minimum absolute atomic E-state index is 0.158. The summed E-state index contributed by atoms with van der Waals surface area (Å²) in [6.45, 7) is 6.10. The van der Waals surface area contributed by atoms with E-state index in [1.54, 1.807) is 6.07 Å². The lowest BCUT2D eigenvalue weighted by molar-refractivity contribution is 0.102. The molecule has 0 unspecified atom stereocenters. The lowest BCUT2D eigenvalue weighted by Gasteiger charge is -2.17. The van der Waals surface area contributed by atoms with Crippen LogP contribution in [0.5, 0.6) is 0 Å². The van der Waals surface area contributed by atoms with E-state index >= 15 is 0 Å². The zero-order valence-corrected chi connectivity index (χ0v) is 13.1. The van der Waals surface area contributed by atoms with Crippen LogP contribution in [0.4, 0.5) is 11.5 Å². The van der Waals surface area contributed by atoms with Crippen molar-refractivity contribution in [2.24, 2.45) is 0 Å². The number of anilines is 2. The van der Waals surface area contributed by atoms with Crippen molar-refractivity contribution in [3.05, 3.63) is 53.2 Å². The van der Waals surface area contributed by atoms with E-state index in [0.29, 0.717) is 5.69 Å². The molecular weight excluding hydrogens is 274 g/mol. The van der Waals surface area contributed by atoms with Gasteiger partial charge >= 0.3 is 0 Å². The summed E-state index contributed by atoms with van der Waals surface area (Å²) in [7, 11) is 0. The topological polar surface area (TPSA) is 45.2 Å². The number of amides is 1. The predicted molar refractivity (Wildman–Crippen MR) is 89.6 cm³/mol. The smallest absolute Gasteiger partial charge is 0.274 e. The van der Waals surface area contributed by atoms with Crippen LogP contribution < -0.4 is 10.2 Å². The van der Waals surface area contributed by atoms with Gasteiger partial charge in [-0.2, -0.15) is 0 Å². The standard InChI is InChI=1S/C18H21N3O/c1-13-7-5-8-15(14(13)2)20-18(22)16-9-6-10-17(19-16)21-11-3-4-12-21/h5-10H,3-4,11-12H2,1-2H3,(H,20,22). The lowest BCUT2D eigenvalue weighted by atomic mass is 10.1. The molecule has 0 atom stereocenters. The number of aromatic nitrogens is 1. The van der Waals surface area contributed by atoms with Gasteiger partial charge in [-0.1, -0.05) is 18.2 Å². The molecule has 114 valence electrons. The van der Waals surface area contributed by atoms with Gasteiger partial charge in [-0.3, -0.25) is 4.79 Å². The number of rotatable bonds is 3. The van der Waals surface area contributed by atoms with E-state index < -0.39 is 0 Å². The third-order valence-electron chi connectivity index (χ3n) is 4.25. The number of hydrogen-bond acceptors (Lipinski definition) is 3. The number of hydrogen-bond donors (Lipinski definition) is 1. The molecule has 1 aliphatic heterocycles. The molecule has 0 saturated carbocycles. The fourth-order valence-electron chi connectivity index (χ4n) is 2.74. The quantitative estimate of drug-likeness (QED) is 0.942. The van der Waals surface area contributed by atoms with Crippen LogP contribution >= 0.6 is 0 Å². The van der Waals surface area contributed by atoms with E-state index in [2.05, 4.69) is 15.2 Å². The zero-order valence-electron chi connectivity index (χ0n) is 13.1. The van der Waals surface area contributed by atoms with Gasteiger partial charge in [0, 0.05) is 18.8 Å². The molecule has 4 heteroatoms. The average Bonchev–Trinajstić information content (AvgIpc) is 3.06. The van der Waals surface area contributed by atoms with Crippen molar-refractivity contribution in [1.29, 1.82) is 0 Å². The highest BCUT2D eigenvalue weighted by Gasteiger charge is 2.16. The Morgan fingerprint density at radius 3 is 2.59 bits per heavy atom. The van der Waals surface area contributed by atoms with Gasteiger partial charge in [-0.25, -0.2) is 4.98 Å². The number of carbonyl (C=O) groups is 1. The molecule has 4 nitrogen and oxygen atoms in total. The van der Waals surface area contributed by atoms with Crippen molar-refractivity contribution >= 4 is 17.4 Å². The van der Waals surface area contributed by atoms with Gasteiger partial charge in [0.1, 0.15) is 11.5 Å². The third-order valence-corrected chi connectivity index (χ3v) is 4.25. The fourth-order valence-corrected chi connectivity index (χ4v) is 2.74. The molecule has 1 fully saturated rings. The van der Waals surface area contributed by atoms with Crippen LogP contribution in [-0.2, 0) is 0 Å². The molecule has 2 aromatic rings. The van der Waals surface area contributed by atoms with Crippen molar-refractivity contribution in [2.75, 3.05) is 23.3 Å². The van der Waals surface area contributed by atoms with E-state index in [1.807, 2.05) is 44.2 Å². The summed E-state index contributed by atoms with van der Waals surface area (Å²) < 4.78 is 0. The maximum absolute atomic E-state index is 12.5. The largest absolute Gasteiger partial charge is 0.357 e. The van der Waals surface area contributed by atoms with Crippen LogP contribution in [0.15, 0.2) is 36.4 Å². The van der Waals surface area contributed by atoms with E-state index in [0.717, 1.165) is 35.7 Å². The van der Waals surface area contributed by atoms with Crippen LogP contribution in [-0.4, -0.2) is 24.0 Å². The zero-order chi connectivity index (χ0) is 15.5. The number of carbonyl (C=O) groups excluding carboxylic acids is 1. The van der Waals surface area contributed by atoms with Crippen molar-refractivity contribution < 1.29 is 4.79 Å². The second kappa shape index (κ2) is 6.18. The molecule has 1 aliphatic rings. The van der Waals surface area contributed by atoms with Crippen molar-refractivity contribution in [1.82, 2.24) is 4.98 Å². The van der Waals surface area contributed by atoms with E-state index in [9.17, 15) is 4.79 Å². The first kappa shape index (κ1) is 14.6. The maximum Gasteiger partial charge on any atom is 0.274 e. The van der Waals surface area contributed by atoms with Crippen LogP contribution in [0.2, 0.25) is 0 Å². The van der Waals surface area contributed by atoms with Gasteiger partial charge in [0.25, 0.3) is 5.91 Å². The molecular formula is C18H21N3O. The minimum atomic E-state index is -0.158. The second-order valence-electron chi connectivity index (χ2n) is 5.78. The number of aryl methyl sites for hydroxylation is 1. The molecule has 1 N–H and O–H groups in total. The SMILES string of the molecule is Cc1cccc(NC(=O)c2cccc(N3CCCC3)n2)c1C. The Labute approximate surface area is 131 Å². The summed E-state index contributed by atoms with van der Waals surface area (Å²) in [5, 5.41) is 2.97. The normalized spacial score (nSPS) is 14.2. The molecule has 22 heavy (non-hydrogen) atoms. The Kier molecular flexibility index (Phi) is 4.09. The molecule has 1 aromatic carbocycles. The number of nitrogens with one attached hydrogen (secondary N) is 1. The van der Waals surface area contributed by atoms with Crippen molar-refractivity contribution in [2.45, 2.75) is 26.7 Å². The Balaban J connectivity index is 1.80. The van der Waals surface area contributed by atoms with Crippen LogP contribution in [0.3, 0.4) is 0 Å². The summed E-state index contributed by atoms with van der Waals surface area (Å²) in [5.41, 5.74) is 3.56. The van der Waals surface area contributed by atoms with E-state index in [-0.39, 0.29) is 5.91 Å². The molecule has 1 aromatic heterocycles. The van der Waals surface area contributed by atoms with Gasteiger partial charge in [0.15, 0.2) is 0 Å². The summed E-state index contributed by atoms with van der Waals surface area (Å²) in [6.07, 6.45) is 2.39. The Morgan fingerprint density at radius 2 is 1.82 bits per heavy atom. The molecule has 0 spiro atoms. The maximum atomic E-state index is 12.5. The van der Waals surface area contributed by atoms with Crippen molar-refractivity contribution in [3.8, 4) is 0 Å². The molecule has 1 amide bonds. The third kappa shape index (κ3) is 2.96. The molecule has 0 bridgehead atoms. The lowest BCUT2D eigenvalue weighted by Crippen LogP contribution is -2.21. The summed E-state index contributed by atoms with van der Waals surface area (Å²) in [5.74, 6) is 0.737. The average molecular weight is 295 g/mol. The first-order chi connectivity index (χ1) is 10.6.